The van der Waals surface area contributed by atoms with Crippen molar-refractivity contribution >= 4 is 5.78 Å². The smallest absolute Gasteiger partial charge is 0.136 e. The van der Waals surface area contributed by atoms with Crippen molar-refractivity contribution in [2.45, 2.75) is 58.3 Å². The maximum absolute atomic E-state index is 12.4. The van der Waals surface area contributed by atoms with Gasteiger partial charge in [-0.15, -0.1) is 0 Å². The highest BCUT2D eigenvalue weighted by molar-refractivity contribution is 5.83. The number of fused-ring (bicyclic) bond motifs is 3. The SMILES string of the molecule is CCCC[C@H]1CC(=O)[C@H](C)[C@@H]2c3ccc(O)cc3CC[C@@H]12. The predicted octanol–water partition coefficient (Wildman–Crippen LogP) is 4.45. The molecule has 2 aliphatic carbocycles. The molecule has 1 N–H and O–H groups in total. The van der Waals surface area contributed by atoms with Gasteiger partial charge in [-0.2, -0.15) is 0 Å². The second-order valence-corrected chi connectivity index (χ2v) is 6.97. The van der Waals surface area contributed by atoms with E-state index in [1.165, 1.54) is 36.8 Å². The van der Waals surface area contributed by atoms with Crippen molar-refractivity contribution < 1.29 is 9.90 Å². The lowest BCUT2D eigenvalue weighted by Crippen LogP contribution is -2.40. The highest BCUT2D eigenvalue weighted by Gasteiger charge is 2.44. The summed E-state index contributed by atoms with van der Waals surface area (Å²) in [5.74, 6) is 2.53. The van der Waals surface area contributed by atoms with Crippen LogP contribution in [0.1, 0.15) is 63.0 Å². The molecule has 21 heavy (non-hydrogen) atoms. The minimum atomic E-state index is 0.136. The number of hydrogen-bond acceptors (Lipinski definition) is 2. The van der Waals surface area contributed by atoms with Gasteiger partial charge in [-0.1, -0.05) is 32.8 Å². The average Bonchev–Trinajstić information content (AvgIpc) is 2.48. The highest BCUT2D eigenvalue weighted by Crippen LogP contribution is 2.50. The van der Waals surface area contributed by atoms with Gasteiger partial charge in [0.2, 0.25) is 0 Å². The first-order chi connectivity index (χ1) is 10.1. The molecule has 2 aliphatic rings. The maximum Gasteiger partial charge on any atom is 0.136 e. The Bertz CT molecular complexity index is 534. The van der Waals surface area contributed by atoms with Crippen molar-refractivity contribution in [2.75, 3.05) is 0 Å². The maximum atomic E-state index is 12.4. The topological polar surface area (TPSA) is 37.3 Å². The summed E-state index contributed by atoms with van der Waals surface area (Å²) in [4.78, 5) is 12.4. The molecule has 4 atom stereocenters. The van der Waals surface area contributed by atoms with E-state index < -0.39 is 0 Å². The molecule has 1 fully saturated rings. The standard InChI is InChI=1S/C19H26O2/c1-3-4-5-13-11-18(21)12(2)19-16(13)8-6-14-10-15(20)7-9-17(14)19/h7,9-10,12-13,16,19-20H,3-6,8,11H2,1-2H3/t12-,13-,16-,19-/m0/s1. The fourth-order valence-electron chi connectivity index (χ4n) is 4.61. The first-order valence-corrected chi connectivity index (χ1v) is 8.46. The molecule has 0 amide bonds. The number of phenolic OH excluding ortho intramolecular Hbond substituents is 1. The number of ketones is 1. The van der Waals surface area contributed by atoms with Gasteiger partial charge in [0.15, 0.2) is 0 Å². The van der Waals surface area contributed by atoms with Gasteiger partial charge in [0.05, 0.1) is 0 Å². The zero-order valence-electron chi connectivity index (χ0n) is 13.1. The van der Waals surface area contributed by atoms with Crippen LogP contribution < -0.4 is 0 Å². The fourth-order valence-corrected chi connectivity index (χ4v) is 4.61. The normalized spacial score (nSPS) is 31.6. The number of aryl methyl sites for hydroxylation is 1. The second kappa shape index (κ2) is 5.82. The summed E-state index contributed by atoms with van der Waals surface area (Å²) in [6, 6.07) is 5.75. The third-order valence-corrected chi connectivity index (χ3v) is 5.74. The first kappa shape index (κ1) is 14.6. The van der Waals surface area contributed by atoms with Crippen LogP contribution in [0.5, 0.6) is 5.75 Å². The van der Waals surface area contributed by atoms with Crippen molar-refractivity contribution in [1.82, 2.24) is 0 Å². The summed E-state index contributed by atoms with van der Waals surface area (Å²) in [5.41, 5.74) is 2.58. The Labute approximate surface area is 127 Å². The Morgan fingerprint density at radius 3 is 2.90 bits per heavy atom. The van der Waals surface area contributed by atoms with Crippen LogP contribution in [0.4, 0.5) is 0 Å². The van der Waals surface area contributed by atoms with Crippen molar-refractivity contribution in [3.05, 3.63) is 29.3 Å². The first-order valence-electron chi connectivity index (χ1n) is 8.46. The van der Waals surface area contributed by atoms with Gasteiger partial charge < -0.3 is 5.11 Å². The Kier molecular flexibility index (Phi) is 4.05. The third kappa shape index (κ3) is 2.61. The summed E-state index contributed by atoms with van der Waals surface area (Å²) >= 11 is 0. The van der Waals surface area contributed by atoms with Crippen LogP contribution in [0.15, 0.2) is 18.2 Å². The molecule has 0 unspecified atom stereocenters. The molecule has 3 rings (SSSR count). The number of carbonyl (C=O) groups excluding carboxylic acids is 1. The molecule has 1 saturated carbocycles. The molecule has 0 heterocycles. The molecule has 0 aliphatic heterocycles. The minimum Gasteiger partial charge on any atom is -0.508 e. The molecule has 0 aromatic heterocycles. The second-order valence-electron chi connectivity index (χ2n) is 6.97. The summed E-state index contributed by atoms with van der Waals surface area (Å²) in [6.07, 6.45) is 6.65. The summed E-state index contributed by atoms with van der Waals surface area (Å²) in [5, 5.41) is 9.70. The van der Waals surface area contributed by atoms with Gasteiger partial charge in [-0.3, -0.25) is 4.79 Å². The number of aromatic hydroxyl groups is 1. The van der Waals surface area contributed by atoms with Gasteiger partial charge in [0, 0.05) is 12.3 Å². The van der Waals surface area contributed by atoms with Crippen LogP contribution in [0.3, 0.4) is 0 Å². The lowest BCUT2D eigenvalue weighted by atomic mass is 9.58. The summed E-state index contributed by atoms with van der Waals surface area (Å²) in [7, 11) is 0. The zero-order valence-corrected chi connectivity index (χ0v) is 13.1. The van der Waals surface area contributed by atoms with Crippen LogP contribution in [0.25, 0.3) is 0 Å². The van der Waals surface area contributed by atoms with Crippen LogP contribution in [0, 0.1) is 17.8 Å². The highest BCUT2D eigenvalue weighted by atomic mass is 16.3. The molecule has 0 bridgehead atoms. The summed E-state index contributed by atoms with van der Waals surface area (Å²) in [6.45, 7) is 4.34. The molecule has 1 aromatic rings. The van der Waals surface area contributed by atoms with Crippen LogP contribution in [0.2, 0.25) is 0 Å². The van der Waals surface area contributed by atoms with Gasteiger partial charge in [0.1, 0.15) is 11.5 Å². The molecule has 2 nitrogen and oxygen atoms in total. The molecule has 2 heteroatoms. The minimum absolute atomic E-state index is 0.136. The van der Waals surface area contributed by atoms with Gasteiger partial charge in [0.25, 0.3) is 0 Å². The van der Waals surface area contributed by atoms with E-state index in [-0.39, 0.29) is 5.92 Å². The number of rotatable bonds is 3. The monoisotopic (exact) mass is 286 g/mol. The zero-order chi connectivity index (χ0) is 15.0. The Morgan fingerprint density at radius 1 is 1.33 bits per heavy atom. The molecule has 0 spiro atoms. The lowest BCUT2D eigenvalue weighted by molar-refractivity contribution is -0.128. The van der Waals surface area contributed by atoms with E-state index in [0.717, 1.165) is 12.8 Å². The molecule has 0 saturated heterocycles. The van der Waals surface area contributed by atoms with Crippen LogP contribution >= 0.6 is 0 Å². The lowest BCUT2D eigenvalue weighted by Gasteiger charge is -2.45. The number of benzene rings is 1. The van der Waals surface area contributed by atoms with Gasteiger partial charge in [-0.05, 0) is 60.3 Å². The number of unbranched alkanes of at least 4 members (excludes halogenated alkanes) is 1. The third-order valence-electron chi connectivity index (χ3n) is 5.74. The van der Waals surface area contributed by atoms with E-state index in [0.29, 0.717) is 29.3 Å². The summed E-state index contributed by atoms with van der Waals surface area (Å²) < 4.78 is 0. The van der Waals surface area contributed by atoms with E-state index >= 15 is 0 Å². The number of Topliss-reactive ketones (excluding diaryl/α,β-unsaturated/α-hetero) is 1. The molecule has 1 aromatic carbocycles. The van der Waals surface area contributed by atoms with E-state index in [1.807, 2.05) is 6.07 Å². The Balaban J connectivity index is 1.94. The average molecular weight is 286 g/mol. The quantitative estimate of drug-likeness (QED) is 0.891. The largest absolute Gasteiger partial charge is 0.508 e. The van der Waals surface area contributed by atoms with Crippen molar-refractivity contribution in [3.8, 4) is 5.75 Å². The predicted molar refractivity (Wildman–Crippen MR) is 84.5 cm³/mol. The van der Waals surface area contributed by atoms with Crippen LogP contribution in [-0.2, 0) is 11.2 Å². The Morgan fingerprint density at radius 2 is 2.14 bits per heavy atom. The molecular weight excluding hydrogens is 260 g/mol. The molecule has 0 radical (unpaired) electrons. The van der Waals surface area contributed by atoms with E-state index in [4.69, 9.17) is 0 Å². The van der Waals surface area contributed by atoms with Gasteiger partial charge in [-0.25, -0.2) is 0 Å². The molecule has 114 valence electrons. The fraction of sp³-hybridized carbons (Fsp3) is 0.632. The van der Waals surface area contributed by atoms with E-state index in [1.54, 1.807) is 6.07 Å². The van der Waals surface area contributed by atoms with Crippen LogP contribution in [-0.4, -0.2) is 10.9 Å². The number of hydrogen-bond donors (Lipinski definition) is 1. The van der Waals surface area contributed by atoms with Crippen molar-refractivity contribution in [2.24, 2.45) is 17.8 Å². The van der Waals surface area contributed by atoms with E-state index in [2.05, 4.69) is 19.9 Å². The van der Waals surface area contributed by atoms with Crippen molar-refractivity contribution in [3.63, 3.8) is 0 Å². The Hall–Kier alpha value is -1.31. The number of phenols is 1. The molecular formula is C19H26O2. The number of carbonyl (C=O) groups is 1. The van der Waals surface area contributed by atoms with E-state index in [9.17, 15) is 9.90 Å². The van der Waals surface area contributed by atoms with Gasteiger partial charge >= 0.3 is 0 Å². The van der Waals surface area contributed by atoms with Crippen molar-refractivity contribution in [1.29, 1.82) is 0 Å².